The van der Waals surface area contributed by atoms with Crippen molar-refractivity contribution in [3.63, 3.8) is 0 Å². The normalized spacial score (nSPS) is 25.5. The molecule has 2 aliphatic heterocycles. The average Bonchev–Trinajstić information content (AvgIpc) is 2.92. The topological polar surface area (TPSA) is 97.0 Å². The Morgan fingerprint density at radius 1 is 1.19 bits per heavy atom. The highest BCUT2D eigenvalue weighted by atomic mass is 79.9. The first kappa shape index (κ1) is 21.9. The fraction of sp³-hybridized carbons (Fsp3) is 0.591. The molecule has 2 fully saturated rings. The van der Waals surface area contributed by atoms with Crippen molar-refractivity contribution in [2.45, 2.75) is 52.0 Å². The SMILES string of the molecule is CC(C)(C)C1CCC2(CC1)NC(=O)N(CC(=O)Nc1cc3c(cc1Br)OCCO3)C2=O. The number of hydrogen-bond donors (Lipinski definition) is 2. The molecule has 1 aromatic rings. The summed E-state index contributed by atoms with van der Waals surface area (Å²) in [5.41, 5.74) is -0.220. The zero-order valence-electron chi connectivity index (χ0n) is 18.0. The zero-order chi connectivity index (χ0) is 22.4. The van der Waals surface area contributed by atoms with Crippen molar-refractivity contribution in [1.82, 2.24) is 10.2 Å². The van der Waals surface area contributed by atoms with Gasteiger partial charge < -0.3 is 20.1 Å². The Kier molecular flexibility index (Phi) is 5.66. The third-order valence-corrected chi connectivity index (χ3v) is 7.17. The summed E-state index contributed by atoms with van der Waals surface area (Å²) in [5, 5.41) is 5.63. The van der Waals surface area contributed by atoms with E-state index >= 15 is 0 Å². The number of halogens is 1. The minimum absolute atomic E-state index is 0.170. The van der Waals surface area contributed by atoms with Gasteiger partial charge in [0.25, 0.3) is 5.91 Å². The summed E-state index contributed by atoms with van der Waals surface area (Å²) in [6.45, 7) is 7.18. The van der Waals surface area contributed by atoms with Gasteiger partial charge in [-0.1, -0.05) is 20.8 Å². The quantitative estimate of drug-likeness (QED) is 0.625. The number of nitrogens with one attached hydrogen (secondary N) is 2. The summed E-state index contributed by atoms with van der Waals surface area (Å²) < 4.78 is 11.7. The molecule has 31 heavy (non-hydrogen) atoms. The maximum absolute atomic E-state index is 13.1. The van der Waals surface area contributed by atoms with Crippen LogP contribution in [-0.2, 0) is 9.59 Å². The molecule has 8 nitrogen and oxygen atoms in total. The number of ether oxygens (including phenoxy) is 2. The summed E-state index contributed by atoms with van der Waals surface area (Å²) in [6.07, 6.45) is 2.95. The second kappa shape index (κ2) is 8.00. The van der Waals surface area contributed by atoms with Gasteiger partial charge in [-0.2, -0.15) is 0 Å². The molecule has 0 aromatic heterocycles. The highest BCUT2D eigenvalue weighted by Gasteiger charge is 2.53. The first-order valence-electron chi connectivity index (χ1n) is 10.6. The molecule has 168 valence electrons. The minimum Gasteiger partial charge on any atom is -0.486 e. The van der Waals surface area contributed by atoms with Crippen molar-refractivity contribution in [3.8, 4) is 11.5 Å². The molecule has 0 radical (unpaired) electrons. The molecule has 1 aliphatic carbocycles. The molecule has 3 aliphatic rings. The van der Waals surface area contributed by atoms with Gasteiger partial charge in [0.2, 0.25) is 5.91 Å². The van der Waals surface area contributed by atoms with Gasteiger partial charge in [0, 0.05) is 16.6 Å². The number of amides is 4. The van der Waals surface area contributed by atoms with E-state index in [1.54, 1.807) is 12.1 Å². The van der Waals surface area contributed by atoms with Crippen LogP contribution in [0.15, 0.2) is 16.6 Å². The Labute approximate surface area is 190 Å². The first-order valence-corrected chi connectivity index (χ1v) is 11.4. The van der Waals surface area contributed by atoms with Crippen LogP contribution in [0, 0.1) is 11.3 Å². The number of nitrogens with zero attached hydrogens (tertiary/aromatic N) is 1. The monoisotopic (exact) mass is 493 g/mol. The number of benzene rings is 1. The van der Waals surface area contributed by atoms with Crippen LogP contribution in [0.3, 0.4) is 0 Å². The second-order valence-corrected chi connectivity index (χ2v) is 10.4. The van der Waals surface area contributed by atoms with Gasteiger partial charge >= 0.3 is 6.03 Å². The summed E-state index contributed by atoms with van der Waals surface area (Å²) in [4.78, 5) is 39.3. The summed E-state index contributed by atoms with van der Waals surface area (Å²) in [5.74, 6) is 0.877. The Morgan fingerprint density at radius 2 is 1.81 bits per heavy atom. The number of imide groups is 1. The predicted molar refractivity (Wildman–Crippen MR) is 118 cm³/mol. The van der Waals surface area contributed by atoms with Gasteiger partial charge in [-0.05, 0) is 52.9 Å². The van der Waals surface area contributed by atoms with Crippen LogP contribution < -0.4 is 20.1 Å². The van der Waals surface area contributed by atoms with Crippen LogP contribution >= 0.6 is 15.9 Å². The van der Waals surface area contributed by atoms with Gasteiger partial charge in [0.15, 0.2) is 11.5 Å². The van der Waals surface area contributed by atoms with Crippen LogP contribution in [0.4, 0.5) is 10.5 Å². The zero-order valence-corrected chi connectivity index (χ0v) is 19.6. The minimum atomic E-state index is -0.878. The molecular formula is C22H28BrN3O5. The van der Waals surface area contributed by atoms with Gasteiger partial charge in [0.1, 0.15) is 25.3 Å². The summed E-state index contributed by atoms with van der Waals surface area (Å²) >= 11 is 3.41. The lowest BCUT2D eigenvalue weighted by Gasteiger charge is -2.40. The second-order valence-electron chi connectivity index (χ2n) is 9.57. The van der Waals surface area contributed by atoms with E-state index in [9.17, 15) is 14.4 Å². The lowest BCUT2D eigenvalue weighted by atomic mass is 9.67. The molecule has 1 aromatic carbocycles. The van der Waals surface area contributed by atoms with Crippen molar-refractivity contribution in [3.05, 3.63) is 16.6 Å². The molecule has 4 rings (SSSR count). The molecule has 0 atom stereocenters. The molecule has 2 heterocycles. The smallest absolute Gasteiger partial charge is 0.325 e. The van der Waals surface area contributed by atoms with Gasteiger partial charge in [-0.3, -0.25) is 14.5 Å². The van der Waals surface area contributed by atoms with Crippen molar-refractivity contribution in [2.24, 2.45) is 11.3 Å². The number of hydrogen-bond acceptors (Lipinski definition) is 5. The third-order valence-electron chi connectivity index (χ3n) is 6.52. The largest absolute Gasteiger partial charge is 0.486 e. The van der Waals surface area contributed by atoms with Crippen LogP contribution in [0.5, 0.6) is 11.5 Å². The van der Waals surface area contributed by atoms with Crippen LogP contribution in [0.25, 0.3) is 0 Å². The van der Waals surface area contributed by atoms with E-state index in [0.29, 0.717) is 53.6 Å². The molecule has 0 unspecified atom stereocenters. The standard InChI is InChI=1S/C22H28BrN3O5/c1-21(2,3)13-4-6-22(7-5-13)19(28)26(20(29)25-22)12-18(27)24-15-11-17-16(10-14(15)23)30-8-9-31-17/h10-11,13H,4-9,12H2,1-3H3,(H,24,27)(H,25,29). The Morgan fingerprint density at radius 3 is 2.42 bits per heavy atom. The van der Waals surface area contributed by atoms with E-state index in [-0.39, 0.29) is 17.9 Å². The fourth-order valence-electron chi connectivity index (χ4n) is 4.63. The molecular weight excluding hydrogens is 466 g/mol. The van der Waals surface area contributed by atoms with E-state index in [4.69, 9.17) is 9.47 Å². The van der Waals surface area contributed by atoms with Crippen molar-refractivity contribution >= 4 is 39.5 Å². The number of carbonyl (C=O) groups is 3. The molecule has 4 amide bonds. The van der Waals surface area contributed by atoms with Crippen molar-refractivity contribution in [2.75, 3.05) is 25.1 Å². The Bertz CT molecular complexity index is 918. The Balaban J connectivity index is 1.41. The van der Waals surface area contributed by atoms with Crippen LogP contribution in [0.2, 0.25) is 0 Å². The molecule has 0 bridgehead atoms. The number of urea groups is 1. The van der Waals surface area contributed by atoms with E-state index in [1.807, 2.05) is 0 Å². The summed E-state index contributed by atoms with van der Waals surface area (Å²) in [7, 11) is 0. The van der Waals surface area contributed by atoms with Crippen LogP contribution in [-0.4, -0.2) is 48.0 Å². The lowest BCUT2D eigenvalue weighted by molar-refractivity contribution is -0.135. The maximum Gasteiger partial charge on any atom is 0.325 e. The molecule has 1 saturated heterocycles. The molecule has 2 N–H and O–H groups in total. The predicted octanol–water partition coefficient (Wildman–Crippen LogP) is 3.69. The van der Waals surface area contributed by atoms with Gasteiger partial charge in [0.05, 0.1) is 5.69 Å². The average molecular weight is 494 g/mol. The number of carbonyl (C=O) groups excluding carboxylic acids is 3. The van der Waals surface area contributed by atoms with E-state index in [1.165, 1.54) is 0 Å². The summed E-state index contributed by atoms with van der Waals surface area (Å²) in [6, 6.07) is 2.88. The van der Waals surface area contributed by atoms with Crippen LogP contribution in [0.1, 0.15) is 46.5 Å². The Hall–Kier alpha value is -2.29. The maximum atomic E-state index is 13.1. The van der Waals surface area contributed by atoms with Gasteiger partial charge in [-0.15, -0.1) is 0 Å². The van der Waals surface area contributed by atoms with Crippen molar-refractivity contribution < 1.29 is 23.9 Å². The molecule has 9 heteroatoms. The van der Waals surface area contributed by atoms with E-state index in [2.05, 4.69) is 47.3 Å². The fourth-order valence-corrected chi connectivity index (χ4v) is 5.05. The van der Waals surface area contributed by atoms with Gasteiger partial charge in [-0.25, -0.2) is 4.79 Å². The van der Waals surface area contributed by atoms with E-state index in [0.717, 1.165) is 17.7 Å². The highest BCUT2D eigenvalue weighted by molar-refractivity contribution is 9.10. The van der Waals surface area contributed by atoms with Crippen molar-refractivity contribution in [1.29, 1.82) is 0 Å². The number of anilines is 1. The van der Waals surface area contributed by atoms with E-state index < -0.39 is 17.5 Å². The third kappa shape index (κ3) is 4.24. The molecule has 1 saturated carbocycles. The first-order chi connectivity index (χ1) is 14.6. The molecule has 1 spiro atoms. The number of rotatable bonds is 3. The lowest BCUT2D eigenvalue weighted by Crippen LogP contribution is -2.51. The highest BCUT2D eigenvalue weighted by Crippen LogP contribution is 2.43. The number of fused-ring (bicyclic) bond motifs is 1.